The molecule has 1 saturated heterocycles. The number of halogens is 3. The molecule has 14 heavy (non-hydrogen) atoms. The van der Waals surface area contributed by atoms with Crippen LogP contribution in [0.25, 0.3) is 0 Å². The molecule has 0 spiro atoms. The van der Waals surface area contributed by atoms with Crippen molar-refractivity contribution in [3.8, 4) is 0 Å². The van der Waals surface area contributed by atoms with E-state index in [0.717, 1.165) is 27.1 Å². The molecule has 0 unspecified atom stereocenters. The molecule has 0 bridgehead atoms. The van der Waals surface area contributed by atoms with E-state index in [1.54, 1.807) is 0 Å². The minimum absolute atomic E-state index is 0.743. The molecule has 0 atom stereocenters. The molecule has 1 aliphatic rings. The van der Waals surface area contributed by atoms with Crippen molar-refractivity contribution >= 4 is 49.1 Å². The number of benzene rings is 1. The number of hydrogen-bond donors (Lipinski definition) is 0. The lowest BCUT2D eigenvalue weighted by Gasteiger charge is -2.18. The zero-order chi connectivity index (χ0) is 10.1. The van der Waals surface area contributed by atoms with Crippen molar-refractivity contribution in [1.82, 2.24) is 0 Å². The standard InChI is InChI=1S/C10H10Br2ClN/c11-8-5-7(6-9(12)10(8)13)14-3-1-2-4-14/h5-6H,1-4H2. The third-order valence-electron chi connectivity index (χ3n) is 2.44. The van der Waals surface area contributed by atoms with Crippen molar-refractivity contribution in [2.45, 2.75) is 12.8 Å². The minimum Gasteiger partial charge on any atom is -0.371 e. The summed E-state index contributed by atoms with van der Waals surface area (Å²) in [6, 6.07) is 4.16. The van der Waals surface area contributed by atoms with Gasteiger partial charge in [0.2, 0.25) is 0 Å². The Morgan fingerprint density at radius 1 is 1.07 bits per heavy atom. The van der Waals surface area contributed by atoms with E-state index in [1.807, 2.05) is 0 Å². The molecule has 0 aromatic heterocycles. The Labute approximate surface area is 106 Å². The van der Waals surface area contributed by atoms with Crippen LogP contribution in [-0.2, 0) is 0 Å². The van der Waals surface area contributed by atoms with Crippen LogP contribution in [0.15, 0.2) is 21.1 Å². The molecule has 0 radical (unpaired) electrons. The lowest BCUT2D eigenvalue weighted by molar-refractivity contribution is 0.949. The van der Waals surface area contributed by atoms with Gasteiger partial charge in [-0.1, -0.05) is 11.6 Å². The van der Waals surface area contributed by atoms with Crippen LogP contribution in [0, 0.1) is 0 Å². The quantitative estimate of drug-likeness (QED) is 0.683. The Kier molecular flexibility index (Phi) is 3.40. The first-order chi connectivity index (χ1) is 6.68. The zero-order valence-electron chi connectivity index (χ0n) is 7.56. The summed E-state index contributed by atoms with van der Waals surface area (Å²) in [7, 11) is 0. The van der Waals surface area contributed by atoms with E-state index in [0.29, 0.717) is 0 Å². The molecular formula is C10H10Br2ClN. The van der Waals surface area contributed by atoms with E-state index < -0.39 is 0 Å². The van der Waals surface area contributed by atoms with Crippen molar-refractivity contribution < 1.29 is 0 Å². The van der Waals surface area contributed by atoms with E-state index in [4.69, 9.17) is 11.6 Å². The van der Waals surface area contributed by atoms with Crippen molar-refractivity contribution in [2.24, 2.45) is 0 Å². The van der Waals surface area contributed by atoms with E-state index in [9.17, 15) is 0 Å². The van der Waals surface area contributed by atoms with Crippen molar-refractivity contribution in [2.75, 3.05) is 18.0 Å². The van der Waals surface area contributed by atoms with Gasteiger partial charge in [0.25, 0.3) is 0 Å². The summed E-state index contributed by atoms with van der Waals surface area (Å²) in [6.45, 7) is 2.31. The maximum Gasteiger partial charge on any atom is 0.0691 e. The predicted molar refractivity (Wildman–Crippen MR) is 68.3 cm³/mol. The van der Waals surface area contributed by atoms with Crippen molar-refractivity contribution in [3.63, 3.8) is 0 Å². The average molecular weight is 339 g/mol. The Morgan fingerprint density at radius 3 is 2.07 bits per heavy atom. The molecule has 76 valence electrons. The van der Waals surface area contributed by atoms with Gasteiger partial charge >= 0.3 is 0 Å². The SMILES string of the molecule is Clc1c(Br)cc(N2CCCC2)cc1Br. The Morgan fingerprint density at radius 2 is 1.57 bits per heavy atom. The van der Waals surface area contributed by atoms with E-state index in [1.165, 1.54) is 18.5 Å². The van der Waals surface area contributed by atoms with Gasteiger partial charge in [0.1, 0.15) is 0 Å². The summed E-state index contributed by atoms with van der Waals surface area (Å²) < 4.78 is 1.91. The Bertz CT molecular complexity index is 325. The number of hydrogen-bond acceptors (Lipinski definition) is 1. The van der Waals surface area contributed by atoms with E-state index in [-0.39, 0.29) is 0 Å². The lowest BCUT2D eigenvalue weighted by Crippen LogP contribution is -2.17. The normalized spacial score (nSPS) is 16.4. The van der Waals surface area contributed by atoms with Crippen LogP contribution in [-0.4, -0.2) is 13.1 Å². The highest BCUT2D eigenvalue weighted by Crippen LogP contribution is 2.35. The summed E-state index contributed by atoms with van der Waals surface area (Å²) in [4.78, 5) is 2.38. The molecule has 4 heteroatoms. The summed E-state index contributed by atoms with van der Waals surface area (Å²) >= 11 is 13.0. The zero-order valence-corrected chi connectivity index (χ0v) is 11.5. The molecule has 0 amide bonds. The predicted octanol–water partition coefficient (Wildman–Crippen LogP) is 4.47. The smallest absolute Gasteiger partial charge is 0.0691 e. The molecule has 0 saturated carbocycles. The highest BCUT2D eigenvalue weighted by atomic mass is 79.9. The van der Waals surface area contributed by atoms with Gasteiger partial charge in [-0.3, -0.25) is 0 Å². The second-order valence-electron chi connectivity index (χ2n) is 3.42. The van der Waals surface area contributed by atoms with Gasteiger partial charge in [-0.2, -0.15) is 0 Å². The van der Waals surface area contributed by atoms with Crippen LogP contribution in [0.5, 0.6) is 0 Å². The molecule has 0 N–H and O–H groups in total. The molecule has 2 rings (SSSR count). The topological polar surface area (TPSA) is 3.24 Å². The number of anilines is 1. The highest BCUT2D eigenvalue weighted by Gasteiger charge is 2.14. The van der Waals surface area contributed by atoms with Crippen LogP contribution in [0.1, 0.15) is 12.8 Å². The second-order valence-corrected chi connectivity index (χ2v) is 5.50. The van der Waals surface area contributed by atoms with Crippen LogP contribution in [0.3, 0.4) is 0 Å². The number of rotatable bonds is 1. The van der Waals surface area contributed by atoms with Gasteiger partial charge in [-0.15, -0.1) is 0 Å². The summed E-state index contributed by atoms with van der Waals surface area (Å²) in [5.41, 5.74) is 1.24. The summed E-state index contributed by atoms with van der Waals surface area (Å²) in [5.74, 6) is 0. The number of nitrogens with zero attached hydrogens (tertiary/aromatic N) is 1. The largest absolute Gasteiger partial charge is 0.371 e. The first-order valence-corrected chi connectivity index (χ1v) is 6.54. The summed E-state index contributed by atoms with van der Waals surface area (Å²) in [5, 5.41) is 0.743. The van der Waals surface area contributed by atoms with Gasteiger partial charge in [0.05, 0.1) is 5.02 Å². The molecular weight excluding hydrogens is 329 g/mol. The van der Waals surface area contributed by atoms with Gasteiger partial charge in [-0.05, 0) is 56.8 Å². The summed E-state index contributed by atoms with van der Waals surface area (Å²) in [6.07, 6.45) is 2.58. The van der Waals surface area contributed by atoms with Gasteiger partial charge in [-0.25, -0.2) is 0 Å². The maximum absolute atomic E-state index is 6.04. The molecule has 1 nitrogen and oxygen atoms in total. The van der Waals surface area contributed by atoms with Crippen LogP contribution in [0.4, 0.5) is 5.69 Å². The lowest BCUT2D eigenvalue weighted by atomic mass is 10.3. The molecule has 1 aliphatic heterocycles. The second kappa shape index (κ2) is 4.42. The van der Waals surface area contributed by atoms with Crippen LogP contribution >= 0.6 is 43.5 Å². The molecule has 1 fully saturated rings. The highest BCUT2D eigenvalue weighted by molar-refractivity contribution is 9.11. The molecule has 1 aromatic carbocycles. The fraction of sp³-hybridized carbons (Fsp3) is 0.400. The monoisotopic (exact) mass is 337 g/mol. The van der Waals surface area contributed by atoms with Gasteiger partial charge in [0.15, 0.2) is 0 Å². The fourth-order valence-corrected chi connectivity index (χ4v) is 2.97. The van der Waals surface area contributed by atoms with Gasteiger partial charge < -0.3 is 4.90 Å². The molecule has 0 aliphatic carbocycles. The first kappa shape index (κ1) is 10.8. The fourth-order valence-electron chi connectivity index (χ4n) is 1.70. The van der Waals surface area contributed by atoms with Gasteiger partial charge in [0, 0.05) is 27.7 Å². The molecule has 1 aromatic rings. The Balaban J connectivity index is 2.34. The van der Waals surface area contributed by atoms with Crippen molar-refractivity contribution in [1.29, 1.82) is 0 Å². The average Bonchev–Trinajstić information content (AvgIpc) is 2.66. The van der Waals surface area contributed by atoms with E-state index in [2.05, 4.69) is 48.9 Å². The Hall–Kier alpha value is 0.270. The van der Waals surface area contributed by atoms with E-state index >= 15 is 0 Å². The molecule has 1 heterocycles. The first-order valence-electron chi connectivity index (χ1n) is 4.58. The maximum atomic E-state index is 6.04. The minimum atomic E-state index is 0.743. The van der Waals surface area contributed by atoms with Crippen LogP contribution < -0.4 is 4.90 Å². The van der Waals surface area contributed by atoms with Crippen LogP contribution in [0.2, 0.25) is 5.02 Å². The van der Waals surface area contributed by atoms with Crippen molar-refractivity contribution in [3.05, 3.63) is 26.1 Å². The third-order valence-corrected chi connectivity index (χ3v) is 4.55. The third kappa shape index (κ3) is 2.10.